The Morgan fingerprint density at radius 1 is 1.09 bits per heavy atom. The first-order chi connectivity index (χ1) is 10.9. The van der Waals surface area contributed by atoms with Crippen LogP contribution >= 0.6 is 0 Å². The third-order valence-corrected chi connectivity index (χ3v) is 4.49. The summed E-state index contributed by atoms with van der Waals surface area (Å²) in [4.78, 5) is 23.0. The molecule has 0 aliphatic rings. The van der Waals surface area contributed by atoms with Crippen LogP contribution in [0.15, 0.2) is 23.1 Å². The molecule has 1 aromatic rings. The van der Waals surface area contributed by atoms with E-state index in [0.29, 0.717) is 13.0 Å². The summed E-state index contributed by atoms with van der Waals surface area (Å²) < 4.78 is 36.4. The lowest BCUT2D eigenvalue weighted by atomic mass is 10.1. The van der Waals surface area contributed by atoms with Crippen LogP contribution in [0.25, 0.3) is 0 Å². The van der Waals surface area contributed by atoms with Crippen molar-refractivity contribution in [3.63, 3.8) is 0 Å². The third-order valence-electron chi connectivity index (χ3n) is 2.99. The summed E-state index contributed by atoms with van der Waals surface area (Å²) in [5.41, 5.74) is -0.128. The third kappa shape index (κ3) is 5.02. The molecule has 0 unspecified atom stereocenters. The molecule has 1 rings (SSSR count). The number of carbonyl (C=O) groups is 2. The zero-order chi connectivity index (χ0) is 17.5. The van der Waals surface area contributed by atoms with E-state index >= 15 is 0 Å². The standard InChI is InChI=1S/C14H20N2O6S/c1-15-7-4-8-16-23(19,20)12-9-10(13(17)21-2)5-6-11(12)14(18)22-3/h5-6,9,15-16H,4,7-8H2,1-3H3. The van der Waals surface area contributed by atoms with Crippen molar-refractivity contribution in [1.29, 1.82) is 0 Å². The summed E-state index contributed by atoms with van der Waals surface area (Å²) in [6.07, 6.45) is 0.569. The minimum atomic E-state index is -3.98. The van der Waals surface area contributed by atoms with E-state index in [-0.39, 0.29) is 22.6 Å². The van der Waals surface area contributed by atoms with Gasteiger partial charge in [-0.1, -0.05) is 0 Å². The normalized spacial score (nSPS) is 11.1. The summed E-state index contributed by atoms with van der Waals surface area (Å²) in [5.74, 6) is -1.51. The van der Waals surface area contributed by atoms with Gasteiger partial charge in [0.1, 0.15) is 0 Å². The van der Waals surface area contributed by atoms with Crippen LogP contribution in [0.5, 0.6) is 0 Å². The summed E-state index contributed by atoms with van der Waals surface area (Å²) in [7, 11) is 0.104. The van der Waals surface area contributed by atoms with Crippen molar-refractivity contribution in [2.24, 2.45) is 0 Å². The van der Waals surface area contributed by atoms with Gasteiger partial charge in [-0.15, -0.1) is 0 Å². The second kappa shape index (κ2) is 8.61. The zero-order valence-corrected chi connectivity index (χ0v) is 14.0. The van der Waals surface area contributed by atoms with Gasteiger partial charge < -0.3 is 14.8 Å². The SMILES string of the molecule is CNCCCNS(=O)(=O)c1cc(C(=O)OC)ccc1C(=O)OC. The van der Waals surface area contributed by atoms with Gasteiger partial charge in [0.05, 0.1) is 30.2 Å². The van der Waals surface area contributed by atoms with Crippen LogP contribution in [0.2, 0.25) is 0 Å². The maximum atomic E-state index is 12.4. The van der Waals surface area contributed by atoms with Gasteiger partial charge in [-0.2, -0.15) is 0 Å². The fraction of sp³-hybridized carbons (Fsp3) is 0.429. The van der Waals surface area contributed by atoms with Crippen LogP contribution in [-0.4, -0.2) is 54.7 Å². The molecule has 1 aromatic carbocycles. The van der Waals surface area contributed by atoms with E-state index in [4.69, 9.17) is 0 Å². The van der Waals surface area contributed by atoms with Gasteiger partial charge in [0, 0.05) is 6.54 Å². The summed E-state index contributed by atoms with van der Waals surface area (Å²) in [6.45, 7) is 0.820. The molecule has 9 heteroatoms. The lowest BCUT2D eigenvalue weighted by Gasteiger charge is -2.11. The molecule has 0 atom stereocenters. The van der Waals surface area contributed by atoms with E-state index in [1.165, 1.54) is 19.2 Å². The van der Waals surface area contributed by atoms with E-state index < -0.39 is 22.0 Å². The van der Waals surface area contributed by atoms with Gasteiger partial charge in [-0.05, 0) is 38.2 Å². The first-order valence-electron chi connectivity index (χ1n) is 6.82. The number of nitrogens with one attached hydrogen (secondary N) is 2. The largest absolute Gasteiger partial charge is 0.465 e. The fourth-order valence-electron chi connectivity index (χ4n) is 1.82. The molecule has 0 bridgehead atoms. The molecule has 128 valence electrons. The highest BCUT2D eigenvalue weighted by Crippen LogP contribution is 2.19. The molecule has 0 amide bonds. The van der Waals surface area contributed by atoms with Crippen molar-refractivity contribution in [2.45, 2.75) is 11.3 Å². The summed E-state index contributed by atoms with van der Waals surface area (Å²) in [6, 6.07) is 3.62. The minimum absolute atomic E-state index is 0.0238. The molecular formula is C14H20N2O6S. The van der Waals surface area contributed by atoms with Gasteiger partial charge >= 0.3 is 11.9 Å². The molecule has 2 N–H and O–H groups in total. The number of methoxy groups -OCH3 is 2. The van der Waals surface area contributed by atoms with Gasteiger partial charge in [-0.3, -0.25) is 0 Å². The Labute approximate surface area is 135 Å². The Hall–Kier alpha value is -1.97. The first kappa shape index (κ1) is 19.1. The molecule has 0 aromatic heterocycles. The van der Waals surface area contributed by atoms with Crippen molar-refractivity contribution < 1.29 is 27.5 Å². The lowest BCUT2D eigenvalue weighted by molar-refractivity contribution is 0.0583. The van der Waals surface area contributed by atoms with Crippen molar-refractivity contribution in [3.8, 4) is 0 Å². The van der Waals surface area contributed by atoms with Crippen LogP contribution < -0.4 is 10.0 Å². The highest BCUT2D eigenvalue weighted by Gasteiger charge is 2.24. The molecule has 0 aliphatic carbocycles. The number of ether oxygens (including phenoxy) is 2. The Morgan fingerprint density at radius 2 is 1.74 bits per heavy atom. The van der Waals surface area contributed by atoms with E-state index in [0.717, 1.165) is 13.2 Å². The van der Waals surface area contributed by atoms with Crippen LogP contribution in [0.3, 0.4) is 0 Å². The Bertz CT molecular complexity index is 672. The molecule has 0 fully saturated rings. The van der Waals surface area contributed by atoms with Crippen LogP contribution in [0.4, 0.5) is 0 Å². The quantitative estimate of drug-likeness (QED) is 0.510. The number of benzene rings is 1. The van der Waals surface area contributed by atoms with E-state index in [9.17, 15) is 18.0 Å². The predicted molar refractivity (Wildman–Crippen MR) is 82.9 cm³/mol. The Kier molecular flexibility index (Phi) is 7.14. The van der Waals surface area contributed by atoms with Gasteiger partial charge in [0.25, 0.3) is 0 Å². The summed E-state index contributed by atoms with van der Waals surface area (Å²) in [5, 5.41) is 2.89. The first-order valence-corrected chi connectivity index (χ1v) is 8.30. The number of hydrogen-bond donors (Lipinski definition) is 2. The number of rotatable bonds is 8. The molecule has 23 heavy (non-hydrogen) atoms. The maximum Gasteiger partial charge on any atom is 0.339 e. The summed E-state index contributed by atoms with van der Waals surface area (Å²) >= 11 is 0. The number of sulfonamides is 1. The van der Waals surface area contributed by atoms with Crippen molar-refractivity contribution in [1.82, 2.24) is 10.0 Å². The average molecular weight is 344 g/mol. The molecule has 0 aliphatic heterocycles. The van der Waals surface area contributed by atoms with Crippen LogP contribution in [0, 0.1) is 0 Å². The van der Waals surface area contributed by atoms with Crippen molar-refractivity contribution in [2.75, 3.05) is 34.4 Å². The van der Waals surface area contributed by atoms with Gasteiger partial charge in [0.2, 0.25) is 10.0 Å². The van der Waals surface area contributed by atoms with E-state index in [2.05, 4.69) is 19.5 Å². The highest BCUT2D eigenvalue weighted by molar-refractivity contribution is 7.89. The number of esters is 2. The second-order valence-corrected chi connectivity index (χ2v) is 6.28. The van der Waals surface area contributed by atoms with Crippen LogP contribution in [-0.2, 0) is 19.5 Å². The Morgan fingerprint density at radius 3 is 2.30 bits per heavy atom. The smallest absolute Gasteiger partial charge is 0.339 e. The molecule has 0 saturated heterocycles. The molecular weight excluding hydrogens is 324 g/mol. The Balaban J connectivity index is 3.22. The number of carbonyl (C=O) groups excluding carboxylic acids is 2. The van der Waals surface area contributed by atoms with Gasteiger partial charge in [-0.25, -0.2) is 22.7 Å². The fourth-order valence-corrected chi connectivity index (χ4v) is 3.11. The maximum absolute atomic E-state index is 12.4. The predicted octanol–water partition coefficient (Wildman–Crippen LogP) is 0.148. The zero-order valence-electron chi connectivity index (χ0n) is 13.2. The van der Waals surface area contributed by atoms with E-state index in [1.807, 2.05) is 0 Å². The molecule has 0 heterocycles. The van der Waals surface area contributed by atoms with Crippen molar-refractivity contribution in [3.05, 3.63) is 29.3 Å². The van der Waals surface area contributed by atoms with Crippen molar-refractivity contribution >= 4 is 22.0 Å². The molecule has 0 saturated carbocycles. The minimum Gasteiger partial charge on any atom is -0.465 e. The van der Waals surface area contributed by atoms with E-state index in [1.54, 1.807) is 7.05 Å². The topological polar surface area (TPSA) is 111 Å². The molecule has 0 radical (unpaired) electrons. The highest BCUT2D eigenvalue weighted by atomic mass is 32.2. The molecule has 0 spiro atoms. The molecule has 8 nitrogen and oxygen atoms in total. The second-order valence-electron chi connectivity index (χ2n) is 4.55. The monoisotopic (exact) mass is 344 g/mol. The number of hydrogen-bond acceptors (Lipinski definition) is 7. The lowest BCUT2D eigenvalue weighted by Crippen LogP contribution is -2.28. The van der Waals surface area contributed by atoms with Gasteiger partial charge in [0.15, 0.2) is 0 Å². The van der Waals surface area contributed by atoms with Crippen LogP contribution in [0.1, 0.15) is 27.1 Å². The average Bonchev–Trinajstić information content (AvgIpc) is 2.56.